The Morgan fingerprint density at radius 1 is 1.27 bits per heavy atom. The van der Waals surface area contributed by atoms with E-state index in [2.05, 4.69) is 0 Å². The van der Waals surface area contributed by atoms with Crippen LogP contribution in [0, 0.1) is 5.92 Å². The van der Waals surface area contributed by atoms with E-state index in [0.29, 0.717) is 6.42 Å². The van der Waals surface area contributed by atoms with Crippen LogP contribution in [0.15, 0.2) is 48.6 Å². The molecule has 2 rings (SSSR count). The zero-order chi connectivity index (χ0) is 10.7. The summed E-state index contributed by atoms with van der Waals surface area (Å²) in [7, 11) is 0. The van der Waals surface area contributed by atoms with E-state index < -0.39 is 11.9 Å². The van der Waals surface area contributed by atoms with Gasteiger partial charge in [0.15, 0.2) is 0 Å². The second kappa shape index (κ2) is 4.13. The minimum absolute atomic E-state index is 0.405. The molecular formula is C13H12O2. The molecule has 0 saturated heterocycles. The molecule has 1 aromatic rings. The van der Waals surface area contributed by atoms with Crippen LogP contribution in [0.3, 0.4) is 0 Å². The first-order valence-electron chi connectivity index (χ1n) is 4.94. The number of carbonyl (C=O) groups is 1. The van der Waals surface area contributed by atoms with E-state index in [1.165, 1.54) is 0 Å². The van der Waals surface area contributed by atoms with Gasteiger partial charge in [-0.1, -0.05) is 48.6 Å². The molecule has 1 aliphatic rings. The summed E-state index contributed by atoms with van der Waals surface area (Å²) in [5.74, 6) is -1.16. The molecule has 2 nitrogen and oxygen atoms in total. The monoisotopic (exact) mass is 200 g/mol. The first-order valence-corrected chi connectivity index (χ1v) is 4.94. The van der Waals surface area contributed by atoms with Crippen molar-refractivity contribution >= 4 is 11.5 Å². The molecule has 1 aromatic carbocycles. The molecule has 1 unspecified atom stereocenters. The molecular weight excluding hydrogens is 188 g/mol. The van der Waals surface area contributed by atoms with E-state index in [-0.39, 0.29) is 0 Å². The van der Waals surface area contributed by atoms with Crippen LogP contribution in [0.1, 0.15) is 12.0 Å². The minimum atomic E-state index is -0.755. The minimum Gasteiger partial charge on any atom is -0.481 e. The molecule has 0 saturated carbocycles. The predicted molar refractivity (Wildman–Crippen MR) is 59.3 cm³/mol. The molecule has 0 heterocycles. The smallest absolute Gasteiger partial charge is 0.311 e. The third kappa shape index (κ3) is 1.99. The largest absolute Gasteiger partial charge is 0.481 e. The summed E-state index contributed by atoms with van der Waals surface area (Å²) in [6.07, 6.45) is 6.28. The fourth-order valence-electron chi connectivity index (χ4n) is 1.79. The molecule has 0 spiro atoms. The maximum atomic E-state index is 11.1. The van der Waals surface area contributed by atoms with Gasteiger partial charge in [-0.05, 0) is 17.6 Å². The molecule has 0 aromatic heterocycles. The van der Waals surface area contributed by atoms with Crippen LogP contribution in [0.25, 0.3) is 5.57 Å². The Hall–Kier alpha value is -1.83. The van der Waals surface area contributed by atoms with Crippen molar-refractivity contribution in [3.05, 3.63) is 54.1 Å². The number of carboxylic acid groups (broad SMARTS) is 1. The number of hydrogen-bond donors (Lipinski definition) is 1. The van der Waals surface area contributed by atoms with Crippen LogP contribution in [-0.2, 0) is 4.79 Å². The number of benzene rings is 1. The molecule has 0 aliphatic heterocycles. The Morgan fingerprint density at radius 2 is 2.00 bits per heavy atom. The van der Waals surface area contributed by atoms with Gasteiger partial charge < -0.3 is 5.11 Å². The van der Waals surface area contributed by atoms with Crippen molar-refractivity contribution in [2.75, 3.05) is 0 Å². The number of aliphatic carboxylic acids is 1. The summed E-state index contributed by atoms with van der Waals surface area (Å²) in [5, 5.41) is 9.10. The molecule has 0 bridgehead atoms. The Morgan fingerprint density at radius 3 is 2.67 bits per heavy atom. The van der Waals surface area contributed by atoms with E-state index in [9.17, 15) is 4.79 Å². The van der Waals surface area contributed by atoms with Crippen molar-refractivity contribution in [2.24, 2.45) is 5.92 Å². The zero-order valence-corrected chi connectivity index (χ0v) is 8.26. The van der Waals surface area contributed by atoms with E-state index in [4.69, 9.17) is 5.11 Å². The number of rotatable bonds is 2. The van der Waals surface area contributed by atoms with E-state index in [1.807, 2.05) is 48.6 Å². The second-order valence-electron chi connectivity index (χ2n) is 3.54. The van der Waals surface area contributed by atoms with Crippen LogP contribution in [-0.4, -0.2) is 11.1 Å². The Kier molecular flexibility index (Phi) is 2.68. The summed E-state index contributed by atoms with van der Waals surface area (Å²) in [5.41, 5.74) is 1.89. The van der Waals surface area contributed by atoms with Crippen LogP contribution < -0.4 is 0 Å². The molecule has 1 aliphatic carbocycles. The molecule has 2 heteroatoms. The van der Waals surface area contributed by atoms with E-state index in [0.717, 1.165) is 11.1 Å². The van der Waals surface area contributed by atoms with Gasteiger partial charge in [0.25, 0.3) is 0 Å². The second-order valence-corrected chi connectivity index (χ2v) is 3.54. The Bertz CT molecular complexity index is 415. The number of hydrogen-bond acceptors (Lipinski definition) is 1. The quantitative estimate of drug-likeness (QED) is 0.797. The summed E-state index contributed by atoms with van der Waals surface area (Å²) in [6.45, 7) is 0. The first kappa shape index (κ1) is 9.71. The lowest BCUT2D eigenvalue weighted by atomic mass is 9.87. The topological polar surface area (TPSA) is 37.3 Å². The van der Waals surface area contributed by atoms with E-state index in [1.54, 1.807) is 0 Å². The fourth-order valence-corrected chi connectivity index (χ4v) is 1.79. The average molecular weight is 200 g/mol. The molecule has 0 amide bonds. The van der Waals surface area contributed by atoms with Crippen LogP contribution >= 0.6 is 0 Å². The third-order valence-corrected chi connectivity index (χ3v) is 2.56. The number of allylic oxidation sites excluding steroid dienone is 3. The van der Waals surface area contributed by atoms with Gasteiger partial charge in [0.2, 0.25) is 0 Å². The highest BCUT2D eigenvalue weighted by atomic mass is 16.4. The maximum absolute atomic E-state index is 11.1. The molecule has 1 atom stereocenters. The normalized spacial score (nSPS) is 19.7. The first-order chi connectivity index (χ1) is 7.29. The fraction of sp³-hybridized carbons (Fsp3) is 0.154. The van der Waals surface area contributed by atoms with Crippen LogP contribution in [0.2, 0.25) is 0 Å². The lowest BCUT2D eigenvalue weighted by molar-refractivity contribution is -0.139. The summed E-state index contributed by atoms with van der Waals surface area (Å²) in [4.78, 5) is 11.1. The van der Waals surface area contributed by atoms with Crippen molar-refractivity contribution in [1.82, 2.24) is 0 Å². The SMILES string of the molecule is O=C(O)C1CC=CC=C1c1ccccc1. The third-order valence-electron chi connectivity index (χ3n) is 2.56. The Balaban J connectivity index is 2.38. The van der Waals surface area contributed by atoms with Crippen LogP contribution in [0.5, 0.6) is 0 Å². The molecule has 0 fully saturated rings. The van der Waals surface area contributed by atoms with Crippen molar-refractivity contribution in [3.8, 4) is 0 Å². The predicted octanol–water partition coefficient (Wildman–Crippen LogP) is 2.73. The van der Waals surface area contributed by atoms with Gasteiger partial charge in [-0.3, -0.25) is 4.79 Å². The van der Waals surface area contributed by atoms with Crippen molar-refractivity contribution in [3.63, 3.8) is 0 Å². The highest BCUT2D eigenvalue weighted by Crippen LogP contribution is 2.29. The summed E-state index contributed by atoms with van der Waals surface area (Å²) < 4.78 is 0. The standard InChI is InChI=1S/C13H12O2/c14-13(15)12-9-5-4-8-11(12)10-6-2-1-3-7-10/h1-8,12H,9H2,(H,14,15). The average Bonchev–Trinajstić information content (AvgIpc) is 2.30. The van der Waals surface area contributed by atoms with Crippen LogP contribution in [0.4, 0.5) is 0 Å². The maximum Gasteiger partial charge on any atom is 0.311 e. The van der Waals surface area contributed by atoms with Gasteiger partial charge >= 0.3 is 5.97 Å². The van der Waals surface area contributed by atoms with E-state index >= 15 is 0 Å². The van der Waals surface area contributed by atoms with Gasteiger partial charge in [-0.25, -0.2) is 0 Å². The highest BCUT2D eigenvalue weighted by molar-refractivity contribution is 5.88. The highest BCUT2D eigenvalue weighted by Gasteiger charge is 2.23. The van der Waals surface area contributed by atoms with Crippen molar-refractivity contribution in [1.29, 1.82) is 0 Å². The molecule has 1 N–H and O–H groups in total. The molecule has 76 valence electrons. The van der Waals surface area contributed by atoms with Gasteiger partial charge in [0.05, 0.1) is 5.92 Å². The Labute approximate surface area is 88.6 Å². The molecule has 15 heavy (non-hydrogen) atoms. The lowest BCUT2D eigenvalue weighted by Crippen LogP contribution is -2.16. The van der Waals surface area contributed by atoms with Gasteiger partial charge in [-0.2, -0.15) is 0 Å². The van der Waals surface area contributed by atoms with Crippen molar-refractivity contribution < 1.29 is 9.90 Å². The van der Waals surface area contributed by atoms with Gasteiger partial charge in [0, 0.05) is 0 Å². The van der Waals surface area contributed by atoms with Crippen molar-refractivity contribution in [2.45, 2.75) is 6.42 Å². The van der Waals surface area contributed by atoms with Gasteiger partial charge in [0.1, 0.15) is 0 Å². The summed E-state index contributed by atoms with van der Waals surface area (Å²) >= 11 is 0. The van der Waals surface area contributed by atoms with Gasteiger partial charge in [-0.15, -0.1) is 0 Å². The molecule has 0 radical (unpaired) electrons. The lowest BCUT2D eigenvalue weighted by Gasteiger charge is -2.17. The summed E-state index contributed by atoms with van der Waals surface area (Å²) in [6, 6.07) is 9.67. The zero-order valence-electron chi connectivity index (χ0n) is 8.26. The number of carboxylic acids is 1.